The quantitative estimate of drug-likeness (QED) is 0.918. The topological polar surface area (TPSA) is 62.3 Å². The van der Waals surface area contributed by atoms with Crippen LogP contribution in [0, 0.1) is 0 Å². The first-order valence-electron chi connectivity index (χ1n) is 6.41. The van der Waals surface area contributed by atoms with E-state index in [1.54, 1.807) is 4.90 Å². The molecule has 1 atom stereocenters. The number of hydrogen-bond donors (Lipinski definition) is 1. The minimum atomic E-state index is -4.49. The van der Waals surface area contributed by atoms with Gasteiger partial charge in [0.2, 0.25) is 10.0 Å². The summed E-state index contributed by atoms with van der Waals surface area (Å²) >= 11 is 0. The van der Waals surface area contributed by atoms with Crippen LogP contribution in [-0.4, -0.2) is 38.8 Å². The van der Waals surface area contributed by atoms with Crippen molar-refractivity contribution < 1.29 is 21.6 Å². The molecule has 0 radical (unpaired) electrons. The van der Waals surface area contributed by atoms with E-state index in [0.29, 0.717) is 31.6 Å². The van der Waals surface area contributed by atoms with Crippen LogP contribution < -0.4 is 9.62 Å². The minimum Gasteiger partial charge on any atom is -0.370 e. The molecular weight excluding hydrogens is 307 g/mol. The number of rotatable bonds is 3. The zero-order valence-corrected chi connectivity index (χ0v) is 12.2. The lowest BCUT2D eigenvalue weighted by Gasteiger charge is -2.34. The summed E-state index contributed by atoms with van der Waals surface area (Å²) in [6.07, 6.45) is -0.931. The fourth-order valence-electron chi connectivity index (χ4n) is 2.38. The number of sulfonamides is 1. The molecule has 0 bridgehead atoms. The van der Waals surface area contributed by atoms with E-state index in [2.05, 4.69) is 9.71 Å². The molecule has 1 aliphatic rings. The van der Waals surface area contributed by atoms with E-state index in [1.807, 2.05) is 0 Å². The van der Waals surface area contributed by atoms with Gasteiger partial charge in [0.05, 0.1) is 6.26 Å². The Morgan fingerprint density at radius 3 is 2.76 bits per heavy atom. The molecule has 5 nitrogen and oxygen atoms in total. The molecule has 2 heterocycles. The summed E-state index contributed by atoms with van der Waals surface area (Å²) in [5, 5.41) is 0. The van der Waals surface area contributed by atoms with Gasteiger partial charge in [-0.3, -0.25) is 4.98 Å². The van der Waals surface area contributed by atoms with E-state index in [9.17, 15) is 21.6 Å². The third-order valence-corrected chi connectivity index (χ3v) is 3.96. The number of halogens is 3. The molecule has 0 saturated carbocycles. The number of nitrogens with zero attached hydrogens (tertiary/aromatic N) is 2. The lowest BCUT2D eigenvalue weighted by atomic mass is 10.1. The Morgan fingerprint density at radius 2 is 2.14 bits per heavy atom. The summed E-state index contributed by atoms with van der Waals surface area (Å²) in [4.78, 5) is 5.06. The van der Waals surface area contributed by atoms with Crippen molar-refractivity contribution in [3.8, 4) is 0 Å². The highest BCUT2D eigenvalue weighted by Gasteiger charge is 2.33. The van der Waals surface area contributed by atoms with Gasteiger partial charge >= 0.3 is 6.18 Å². The first-order valence-corrected chi connectivity index (χ1v) is 8.30. The Bertz CT molecular complexity index is 604. The molecular formula is C12H16F3N3O2S. The van der Waals surface area contributed by atoms with Gasteiger partial charge in [-0.1, -0.05) is 0 Å². The van der Waals surface area contributed by atoms with Crippen LogP contribution in [0.5, 0.6) is 0 Å². The first-order chi connectivity index (χ1) is 9.65. The van der Waals surface area contributed by atoms with Gasteiger partial charge in [-0.05, 0) is 25.0 Å². The molecule has 1 aromatic rings. The predicted octanol–water partition coefficient (Wildman–Crippen LogP) is 1.62. The molecule has 1 saturated heterocycles. The Balaban J connectivity index is 2.15. The summed E-state index contributed by atoms with van der Waals surface area (Å²) in [5.74, 6) is 0. The highest BCUT2D eigenvalue weighted by molar-refractivity contribution is 7.88. The number of pyridine rings is 1. The molecule has 2 rings (SSSR count). The van der Waals surface area contributed by atoms with Gasteiger partial charge < -0.3 is 4.90 Å². The third kappa shape index (κ3) is 4.57. The van der Waals surface area contributed by atoms with Gasteiger partial charge in [-0.25, -0.2) is 13.1 Å². The Labute approximate surface area is 121 Å². The van der Waals surface area contributed by atoms with E-state index in [-0.39, 0.29) is 6.04 Å². The molecule has 1 aromatic heterocycles. The van der Waals surface area contributed by atoms with Crippen LogP contribution in [0.15, 0.2) is 18.3 Å². The highest BCUT2D eigenvalue weighted by Crippen LogP contribution is 2.30. The lowest BCUT2D eigenvalue weighted by Crippen LogP contribution is -2.47. The van der Waals surface area contributed by atoms with Crippen LogP contribution in [-0.2, 0) is 16.2 Å². The number of hydrogen-bond acceptors (Lipinski definition) is 4. The number of alkyl halides is 3. The summed E-state index contributed by atoms with van der Waals surface area (Å²) in [6, 6.07) is 2.19. The van der Waals surface area contributed by atoms with E-state index in [1.165, 1.54) is 6.07 Å². The average molecular weight is 323 g/mol. The van der Waals surface area contributed by atoms with Crippen molar-refractivity contribution >= 4 is 15.7 Å². The van der Waals surface area contributed by atoms with Gasteiger partial charge in [0.1, 0.15) is 5.69 Å². The fraction of sp³-hybridized carbons (Fsp3) is 0.583. The molecule has 0 amide bonds. The van der Waals surface area contributed by atoms with E-state index in [0.717, 1.165) is 18.5 Å². The maximum absolute atomic E-state index is 12.7. The van der Waals surface area contributed by atoms with Gasteiger partial charge in [-0.2, -0.15) is 13.2 Å². The smallest absolute Gasteiger partial charge is 0.370 e. The second kappa shape index (κ2) is 5.80. The fourth-order valence-corrected chi connectivity index (χ4v) is 3.18. The molecule has 0 spiro atoms. The SMILES string of the molecule is CS(=O)(=O)NC1CCCN(c2ccnc(C(F)(F)F)c2)C1. The minimum absolute atomic E-state index is 0.295. The van der Waals surface area contributed by atoms with E-state index in [4.69, 9.17) is 0 Å². The number of anilines is 1. The van der Waals surface area contributed by atoms with Crippen molar-refractivity contribution in [3.05, 3.63) is 24.0 Å². The maximum atomic E-state index is 12.7. The van der Waals surface area contributed by atoms with Crippen LogP contribution in [0.25, 0.3) is 0 Å². The summed E-state index contributed by atoms with van der Waals surface area (Å²) in [7, 11) is -3.33. The maximum Gasteiger partial charge on any atom is 0.433 e. The van der Waals surface area contributed by atoms with Crippen molar-refractivity contribution in [2.75, 3.05) is 24.2 Å². The highest BCUT2D eigenvalue weighted by atomic mass is 32.2. The molecule has 1 unspecified atom stereocenters. The van der Waals surface area contributed by atoms with Crippen LogP contribution in [0.2, 0.25) is 0 Å². The Kier molecular flexibility index (Phi) is 4.43. The predicted molar refractivity (Wildman–Crippen MR) is 72.5 cm³/mol. The van der Waals surface area contributed by atoms with Crippen LogP contribution >= 0.6 is 0 Å². The van der Waals surface area contributed by atoms with Crippen molar-refractivity contribution in [1.82, 2.24) is 9.71 Å². The monoisotopic (exact) mass is 323 g/mol. The molecule has 21 heavy (non-hydrogen) atoms. The van der Waals surface area contributed by atoms with E-state index >= 15 is 0 Å². The van der Waals surface area contributed by atoms with Crippen LogP contribution in [0.3, 0.4) is 0 Å². The van der Waals surface area contributed by atoms with Crippen molar-refractivity contribution in [3.63, 3.8) is 0 Å². The molecule has 1 fully saturated rings. The molecule has 1 N–H and O–H groups in total. The van der Waals surface area contributed by atoms with Crippen molar-refractivity contribution in [2.24, 2.45) is 0 Å². The second-order valence-corrected chi connectivity index (χ2v) is 6.85. The van der Waals surface area contributed by atoms with Crippen LogP contribution in [0.4, 0.5) is 18.9 Å². The molecule has 1 aliphatic heterocycles. The summed E-state index contributed by atoms with van der Waals surface area (Å²) < 4.78 is 63.0. The van der Waals surface area contributed by atoms with Gasteiger partial charge in [0.25, 0.3) is 0 Å². The molecule has 9 heteroatoms. The molecule has 0 aromatic carbocycles. The molecule has 0 aliphatic carbocycles. The third-order valence-electron chi connectivity index (χ3n) is 3.20. The number of aromatic nitrogens is 1. The average Bonchev–Trinajstić information content (AvgIpc) is 2.36. The Hall–Kier alpha value is -1.35. The van der Waals surface area contributed by atoms with Crippen molar-refractivity contribution in [2.45, 2.75) is 25.1 Å². The lowest BCUT2D eigenvalue weighted by molar-refractivity contribution is -0.141. The van der Waals surface area contributed by atoms with E-state index < -0.39 is 21.9 Å². The zero-order valence-electron chi connectivity index (χ0n) is 11.4. The van der Waals surface area contributed by atoms with Crippen molar-refractivity contribution in [1.29, 1.82) is 0 Å². The largest absolute Gasteiger partial charge is 0.433 e. The normalized spacial score (nSPS) is 20.6. The number of nitrogens with one attached hydrogen (secondary N) is 1. The summed E-state index contributed by atoms with van der Waals surface area (Å²) in [5.41, 5.74) is -0.546. The first kappa shape index (κ1) is 16.0. The molecule has 118 valence electrons. The zero-order chi connectivity index (χ0) is 15.7. The van der Waals surface area contributed by atoms with Gasteiger partial charge in [0.15, 0.2) is 0 Å². The van der Waals surface area contributed by atoms with Crippen LogP contribution in [0.1, 0.15) is 18.5 Å². The standard InChI is InChI=1S/C12H16F3N3O2S/c1-21(19,20)17-9-3-2-6-18(8-9)10-4-5-16-11(7-10)12(13,14)15/h4-5,7,9,17H,2-3,6,8H2,1H3. The Morgan fingerprint density at radius 1 is 1.43 bits per heavy atom. The van der Waals surface area contributed by atoms with Gasteiger partial charge in [0, 0.05) is 31.0 Å². The second-order valence-electron chi connectivity index (χ2n) is 5.07. The van der Waals surface area contributed by atoms with Gasteiger partial charge in [-0.15, -0.1) is 0 Å². The number of piperidine rings is 1. The summed E-state index contributed by atoms with van der Waals surface area (Å²) in [6.45, 7) is 0.928.